The van der Waals surface area contributed by atoms with Gasteiger partial charge in [0.25, 0.3) is 0 Å². The first-order valence-electron chi connectivity index (χ1n) is 6.74. The summed E-state index contributed by atoms with van der Waals surface area (Å²) in [6.07, 6.45) is 2.62. The third-order valence-corrected chi connectivity index (χ3v) is 3.41. The molecule has 0 fully saturated rings. The Morgan fingerprint density at radius 1 is 1.25 bits per heavy atom. The third-order valence-electron chi connectivity index (χ3n) is 3.41. The van der Waals surface area contributed by atoms with E-state index in [-0.39, 0.29) is 6.42 Å². The van der Waals surface area contributed by atoms with E-state index in [0.717, 1.165) is 39.5 Å². The maximum Gasteiger partial charge on any atom is 0.303 e. The van der Waals surface area contributed by atoms with Crippen LogP contribution in [0, 0.1) is 13.8 Å². The molecule has 0 atom stereocenters. The smallest absolute Gasteiger partial charge is 0.303 e. The number of hydrogen-bond acceptors (Lipinski definition) is 2. The largest absolute Gasteiger partial charge is 0.481 e. The minimum absolute atomic E-state index is 0.109. The molecule has 0 bridgehead atoms. The summed E-state index contributed by atoms with van der Waals surface area (Å²) < 4.78 is 0. The van der Waals surface area contributed by atoms with Gasteiger partial charge in [0.15, 0.2) is 0 Å². The van der Waals surface area contributed by atoms with E-state index in [1.54, 1.807) is 0 Å². The van der Waals surface area contributed by atoms with Crippen molar-refractivity contribution in [2.45, 2.75) is 40.5 Å². The molecule has 0 radical (unpaired) electrons. The van der Waals surface area contributed by atoms with Crippen molar-refractivity contribution in [3.8, 4) is 0 Å². The average molecular weight is 272 g/mol. The van der Waals surface area contributed by atoms with Crippen molar-refractivity contribution in [2.75, 3.05) is 0 Å². The van der Waals surface area contributed by atoms with Crippen LogP contribution in [0.5, 0.6) is 0 Å². The first-order chi connectivity index (χ1) is 9.38. The van der Waals surface area contributed by atoms with E-state index in [9.17, 15) is 4.79 Å². The van der Waals surface area contributed by atoms with Crippen LogP contribution in [-0.2, 0) is 4.79 Å². The summed E-state index contributed by atoms with van der Waals surface area (Å²) in [5, 5.41) is 8.96. The molecule has 0 saturated heterocycles. The number of carboxylic acid groups (broad SMARTS) is 1. The average Bonchev–Trinajstić information content (AvgIpc) is 2.82. The van der Waals surface area contributed by atoms with E-state index in [1.807, 2.05) is 33.8 Å². The second-order valence-corrected chi connectivity index (χ2v) is 5.31. The molecule has 0 saturated carbocycles. The zero-order chi connectivity index (χ0) is 14.9. The SMILES string of the molecule is CC1=CC(C)=N/C1=C(/CCC(=O)O)c1[nH]c(C)cc1C. The summed E-state index contributed by atoms with van der Waals surface area (Å²) in [5.74, 6) is -0.788. The number of nitrogens with zero attached hydrogens (tertiary/aromatic N) is 1. The number of carboxylic acids is 1. The van der Waals surface area contributed by atoms with E-state index in [2.05, 4.69) is 16.0 Å². The Bertz CT molecular complexity index is 645. The van der Waals surface area contributed by atoms with Crippen molar-refractivity contribution in [3.63, 3.8) is 0 Å². The Labute approximate surface area is 118 Å². The first kappa shape index (κ1) is 14.3. The quantitative estimate of drug-likeness (QED) is 0.879. The summed E-state index contributed by atoms with van der Waals surface area (Å²) in [4.78, 5) is 18.8. The molecule has 0 aromatic carbocycles. The van der Waals surface area contributed by atoms with Gasteiger partial charge in [-0.2, -0.15) is 0 Å². The van der Waals surface area contributed by atoms with Gasteiger partial charge in [-0.25, -0.2) is 0 Å². The Morgan fingerprint density at radius 2 is 1.95 bits per heavy atom. The molecule has 1 aliphatic heterocycles. The summed E-state index contributed by atoms with van der Waals surface area (Å²) in [6.45, 7) is 8.01. The highest BCUT2D eigenvalue weighted by Crippen LogP contribution is 2.33. The number of allylic oxidation sites excluding steroid dienone is 3. The molecule has 1 aromatic rings. The molecule has 0 aliphatic carbocycles. The molecular formula is C16H20N2O2. The maximum atomic E-state index is 10.9. The van der Waals surface area contributed by atoms with E-state index in [4.69, 9.17) is 5.11 Å². The number of nitrogens with one attached hydrogen (secondary N) is 1. The number of carbonyl (C=O) groups is 1. The van der Waals surface area contributed by atoms with Gasteiger partial charge in [0, 0.05) is 29.1 Å². The van der Waals surface area contributed by atoms with Crippen LogP contribution in [0.25, 0.3) is 5.57 Å². The Hall–Kier alpha value is -2.10. The van der Waals surface area contributed by atoms with Crippen LogP contribution < -0.4 is 0 Å². The topological polar surface area (TPSA) is 65.4 Å². The minimum atomic E-state index is -0.788. The lowest BCUT2D eigenvalue weighted by Crippen LogP contribution is -1.99. The zero-order valence-electron chi connectivity index (χ0n) is 12.4. The lowest BCUT2D eigenvalue weighted by molar-refractivity contribution is -0.136. The summed E-state index contributed by atoms with van der Waals surface area (Å²) in [6, 6.07) is 2.07. The lowest BCUT2D eigenvalue weighted by Gasteiger charge is -2.10. The van der Waals surface area contributed by atoms with Crippen molar-refractivity contribution in [3.05, 3.63) is 40.4 Å². The second kappa shape index (κ2) is 5.49. The van der Waals surface area contributed by atoms with Gasteiger partial charge in [0.2, 0.25) is 0 Å². The van der Waals surface area contributed by atoms with Gasteiger partial charge in [-0.3, -0.25) is 9.79 Å². The molecule has 1 aliphatic rings. The van der Waals surface area contributed by atoms with Gasteiger partial charge >= 0.3 is 5.97 Å². The van der Waals surface area contributed by atoms with Crippen LogP contribution in [0.15, 0.2) is 28.4 Å². The fourth-order valence-corrected chi connectivity index (χ4v) is 2.62. The number of aryl methyl sites for hydroxylation is 2. The van der Waals surface area contributed by atoms with Gasteiger partial charge in [0.05, 0.1) is 5.70 Å². The van der Waals surface area contributed by atoms with E-state index in [0.29, 0.717) is 6.42 Å². The molecule has 2 N–H and O–H groups in total. The molecule has 106 valence electrons. The number of aliphatic imine (C=N–C) groups is 1. The normalized spacial score (nSPS) is 17.0. The summed E-state index contributed by atoms with van der Waals surface area (Å²) in [7, 11) is 0. The molecule has 20 heavy (non-hydrogen) atoms. The standard InChI is InChI=1S/C16H20N2O2/c1-9-7-11(3)17-15(9)13(5-6-14(19)20)16-10(2)8-12(4)18-16/h7-8,17H,5-6H2,1-4H3,(H,19,20)/b16-13-. The molecule has 0 unspecified atom stereocenters. The predicted molar refractivity (Wildman–Crippen MR) is 80.9 cm³/mol. The molecule has 2 heterocycles. The lowest BCUT2D eigenvalue weighted by atomic mass is 9.99. The van der Waals surface area contributed by atoms with Gasteiger partial charge < -0.3 is 10.1 Å². The van der Waals surface area contributed by atoms with Crippen LogP contribution in [0.3, 0.4) is 0 Å². The maximum absolute atomic E-state index is 10.9. The fourth-order valence-electron chi connectivity index (χ4n) is 2.62. The number of aromatic amines is 1. The number of aromatic nitrogens is 1. The zero-order valence-corrected chi connectivity index (χ0v) is 12.4. The Balaban J connectivity index is 2.51. The van der Waals surface area contributed by atoms with Crippen molar-refractivity contribution in [1.29, 1.82) is 0 Å². The molecule has 2 rings (SSSR count). The van der Waals surface area contributed by atoms with Crippen molar-refractivity contribution >= 4 is 17.3 Å². The van der Waals surface area contributed by atoms with Gasteiger partial charge in [-0.15, -0.1) is 0 Å². The van der Waals surface area contributed by atoms with Crippen LogP contribution in [-0.4, -0.2) is 21.8 Å². The molecule has 4 heteroatoms. The minimum Gasteiger partial charge on any atom is -0.481 e. The van der Waals surface area contributed by atoms with Gasteiger partial charge in [-0.1, -0.05) is 0 Å². The van der Waals surface area contributed by atoms with Crippen LogP contribution >= 0.6 is 0 Å². The Morgan fingerprint density at radius 3 is 2.40 bits per heavy atom. The molecule has 1 aromatic heterocycles. The van der Waals surface area contributed by atoms with Crippen LogP contribution in [0.4, 0.5) is 0 Å². The third kappa shape index (κ3) is 2.90. The number of aliphatic carboxylic acids is 1. The monoisotopic (exact) mass is 272 g/mol. The van der Waals surface area contributed by atoms with Crippen LogP contribution in [0.2, 0.25) is 0 Å². The number of hydrogen-bond donors (Lipinski definition) is 2. The summed E-state index contributed by atoms with van der Waals surface area (Å²) in [5.41, 5.74) is 7.16. The molecule has 4 nitrogen and oxygen atoms in total. The van der Waals surface area contributed by atoms with E-state index in [1.165, 1.54) is 0 Å². The highest BCUT2D eigenvalue weighted by Gasteiger charge is 2.18. The van der Waals surface area contributed by atoms with Gasteiger partial charge in [-0.05, 0) is 57.4 Å². The van der Waals surface area contributed by atoms with Gasteiger partial charge in [0.1, 0.15) is 0 Å². The second-order valence-electron chi connectivity index (χ2n) is 5.31. The first-order valence-corrected chi connectivity index (χ1v) is 6.74. The van der Waals surface area contributed by atoms with E-state index >= 15 is 0 Å². The molecule has 0 spiro atoms. The Kier molecular flexibility index (Phi) is 3.93. The van der Waals surface area contributed by atoms with Crippen molar-refractivity contribution in [2.24, 2.45) is 4.99 Å². The van der Waals surface area contributed by atoms with E-state index < -0.39 is 5.97 Å². The fraction of sp³-hybridized carbons (Fsp3) is 0.375. The van der Waals surface area contributed by atoms with Crippen LogP contribution in [0.1, 0.15) is 43.6 Å². The molecule has 0 amide bonds. The number of rotatable bonds is 4. The van der Waals surface area contributed by atoms with Crippen molar-refractivity contribution in [1.82, 2.24) is 4.98 Å². The predicted octanol–water partition coefficient (Wildman–Crippen LogP) is 3.63. The molecular weight excluding hydrogens is 252 g/mol. The van der Waals surface area contributed by atoms with Crippen molar-refractivity contribution < 1.29 is 9.90 Å². The summed E-state index contributed by atoms with van der Waals surface area (Å²) >= 11 is 0. The highest BCUT2D eigenvalue weighted by atomic mass is 16.4. The number of H-pyrrole nitrogens is 1. The highest BCUT2D eigenvalue weighted by molar-refractivity contribution is 5.99.